The van der Waals surface area contributed by atoms with Crippen LogP contribution in [0.4, 0.5) is 0 Å². The average Bonchev–Trinajstić information content (AvgIpc) is 0.722. The van der Waals surface area contributed by atoms with Crippen molar-refractivity contribution in [1.82, 2.24) is 6.15 Å². The molecule has 40 valence electrons. The molecule has 0 unspecified atom stereocenters. The van der Waals surface area contributed by atoms with E-state index in [-0.39, 0.29) is 32.4 Å². The van der Waals surface area contributed by atoms with Gasteiger partial charge in [-0.2, -0.15) is 7.82 Å². The minimum atomic E-state index is -5.39. The molecule has 0 atom stereocenters. The van der Waals surface area contributed by atoms with Crippen LogP contribution < -0.4 is 20.8 Å². The Hall–Kier alpha value is 0.953. The van der Waals surface area contributed by atoms with Gasteiger partial charge >= 0.3 is 26.2 Å². The third-order valence-corrected chi connectivity index (χ3v) is 0. The van der Waals surface area contributed by atoms with Crippen LogP contribution in [-0.4, -0.2) is 0 Å². The molecule has 0 heterocycles. The maximum absolute atomic E-state index is 8.55. The van der Waals surface area contributed by atoms with Gasteiger partial charge in [-0.25, -0.2) is 0 Å². The molecule has 0 aliphatic rings. The summed E-state index contributed by atoms with van der Waals surface area (Å²) in [5.41, 5.74) is 0. The van der Waals surface area contributed by atoms with Gasteiger partial charge in [0.15, 0.2) is 0 Å². The van der Waals surface area contributed by atoms with Gasteiger partial charge in [-0.15, -0.1) is 0 Å². The van der Waals surface area contributed by atoms with Crippen molar-refractivity contribution in [3.63, 3.8) is 0 Å². The SMILES string of the molecule is N.O=P([O-])([O-])[O-].[Zr+4]. The zero-order chi connectivity index (χ0) is 4.50. The van der Waals surface area contributed by atoms with E-state index in [1.54, 1.807) is 0 Å². The summed E-state index contributed by atoms with van der Waals surface area (Å²) in [4.78, 5) is 25.6. The Kier molecular flexibility index (Phi) is 11.4. The number of hydrogen-bond acceptors (Lipinski definition) is 5. The Labute approximate surface area is 59.7 Å². The number of phosphoric acid groups is 1. The third-order valence-electron chi connectivity index (χ3n) is 0. The maximum Gasteiger partial charge on any atom is 4.00 e. The van der Waals surface area contributed by atoms with E-state index >= 15 is 0 Å². The van der Waals surface area contributed by atoms with Crippen LogP contribution in [0.1, 0.15) is 0 Å². The van der Waals surface area contributed by atoms with Gasteiger partial charge < -0.3 is 25.4 Å². The largest absolute Gasteiger partial charge is 4.00 e. The Balaban J connectivity index is -0.0000000800. The van der Waals surface area contributed by atoms with E-state index in [2.05, 4.69) is 0 Å². The van der Waals surface area contributed by atoms with Gasteiger partial charge in [0.2, 0.25) is 0 Å². The predicted molar refractivity (Wildman–Crippen MR) is 12.6 cm³/mol. The van der Waals surface area contributed by atoms with Crippen molar-refractivity contribution >= 4 is 7.82 Å². The molecular weight excluding hydrogens is 200 g/mol. The summed E-state index contributed by atoms with van der Waals surface area (Å²) in [6, 6.07) is 0. The van der Waals surface area contributed by atoms with E-state index in [4.69, 9.17) is 19.2 Å². The zero-order valence-electron chi connectivity index (χ0n) is 3.29. The minimum Gasteiger partial charge on any atom is -0.822 e. The Morgan fingerprint density at radius 3 is 1.14 bits per heavy atom. The van der Waals surface area contributed by atoms with Crippen LogP contribution in [0.5, 0.6) is 0 Å². The van der Waals surface area contributed by atoms with Crippen molar-refractivity contribution in [2.24, 2.45) is 0 Å². The van der Waals surface area contributed by atoms with Gasteiger partial charge in [-0.1, -0.05) is 0 Å². The second-order valence-corrected chi connectivity index (χ2v) is 1.34. The van der Waals surface area contributed by atoms with Crippen molar-refractivity contribution in [2.75, 3.05) is 0 Å². The molecule has 0 aliphatic carbocycles. The minimum absolute atomic E-state index is 0. The summed E-state index contributed by atoms with van der Waals surface area (Å²) in [7, 11) is -5.39. The second-order valence-electron chi connectivity index (χ2n) is 0.447. The summed E-state index contributed by atoms with van der Waals surface area (Å²) >= 11 is 0. The molecule has 0 aromatic heterocycles. The Bertz CT molecular complexity index is 57.8. The third kappa shape index (κ3) is 188. The van der Waals surface area contributed by atoms with Gasteiger partial charge in [0.05, 0.1) is 0 Å². The van der Waals surface area contributed by atoms with E-state index in [0.29, 0.717) is 0 Å². The van der Waals surface area contributed by atoms with Crippen molar-refractivity contribution in [3.8, 4) is 0 Å². The summed E-state index contributed by atoms with van der Waals surface area (Å²) < 4.78 is 8.55. The molecule has 7 heteroatoms. The van der Waals surface area contributed by atoms with Gasteiger partial charge in [0.25, 0.3) is 0 Å². The molecule has 5 nitrogen and oxygen atoms in total. The van der Waals surface area contributed by atoms with Crippen molar-refractivity contribution in [3.05, 3.63) is 0 Å². The van der Waals surface area contributed by atoms with E-state index < -0.39 is 7.82 Å². The molecule has 3 N–H and O–H groups in total. The fourth-order valence-corrected chi connectivity index (χ4v) is 0. The molecule has 0 rings (SSSR count). The molecule has 0 amide bonds. The molecular formula is H3NO4PZr+. The molecule has 0 aliphatic heterocycles. The quantitative estimate of drug-likeness (QED) is 0.430. The maximum atomic E-state index is 8.55. The van der Waals surface area contributed by atoms with Crippen LogP contribution in [0.15, 0.2) is 0 Å². The second kappa shape index (κ2) is 5.10. The number of hydrogen-bond donors (Lipinski definition) is 1. The van der Waals surface area contributed by atoms with Crippen molar-refractivity contribution in [1.29, 1.82) is 0 Å². The predicted octanol–water partition coefficient (Wildman–Crippen LogP) is -2.67. The Morgan fingerprint density at radius 2 is 1.14 bits per heavy atom. The van der Waals surface area contributed by atoms with Crippen LogP contribution in [0.2, 0.25) is 0 Å². The van der Waals surface area contributed by atoms with Crippen LogP contribution in [0.3, 0.4) is 0 Å². The van der Waals surface area contributed by atoms with E-state index in [1.165, 1.54) is 0 Å². The Morgan fingerprint density at radius 1 is 1.14 bits per heavy atom. The first-order valence-corrected chi connectivity index (χ1v) is 2.19. The van der Waals surface area contributed by atoms with Crippen molar-refractivity contribution < 1.29 is 45.4 Å². The fourth-order valence-electron chi connectivity index (χ4n) is 0. The van der Waals surface area contributed by atoms with Crippen LogP contribution in [-0.2, 0) is 30.8 Å². The molecule has 0 saturated carbocycles. The van der Waals surface area contributed by atoms with Crippen LogP contribution in [0.25, 0.3) is 0 Å². The molecule has 0 fully saturated rings. The van der Waals surface area contributed by atoms with Crippen LogP contribution in [0, 0.1) is 0 Å². The molecule has 0 aromatic carbocycles. The normalized spacial score (nSPS) is 8.43. The van der Waals surface area contributed by atoms with E-state index in [9.17, 15) is 0 Å². The summed E-state index contributed by atoms with van der Waals surface area (Å²) in [6.45, 7) is 0. The first-order chi connectivity index (χ1) is 2.00. The average molecular weight is 203 g/mol. The standard InChI is InChI=1S/H3N.H3O4P.Zr/c;1-5(2,3)4;/h1H3;(H3,1,2,3,4);/q;;+4/p-3. The van der Waals surface area contributed by atoms with Gasteiger partial charge in [-0.3, -0.25) is 0 Å². The monoisotopic (exact) mass is 202 g/mol. The first-order valence-electron chi connectivity index (χ1n) is 0.730. The number of rotatable bonds is 0. The summed E-state index contributed by atoms with van der Waals surface area (Å²) in [5.74, 6) is 0. The van der Waals surface area contributed by atoms with E-state index in [0.717, 1.165) is 0 Å². The molecule has 7 heavy (non-hydrogen) atoms. The first kappa shape index (κ1) is 15.7. The topological polar surface area (TPSA) is 121 Å². The zero-order valence-corrected chi connectivity index (χ0v) is 6.64. The van der Waals surface area contributed by atoms with Gasteiger partial charge in [-0.05, 0) is 0 Å². The molecule has 0 aromatic rings. The fraction of sp³-hybridized carbons (Fsp3) is 0. The van der Waals surface area contributed by atoms with E-state index in [1.807, 2.05) is 0 Å². The van der Waals surface area contributed by atoms with Crippen molar-refractivity contribution in [2.45, 2.75) is 0 Å². The molecule has 0 bridgehead atoms. The summed E-state index contributed by atoms with van der Waals surface area (Å²) in [6.07, 6.45) is 0. The molecule has 0 saturated heterocycles. The van der Waals surface area contributed by atoms with Crippen LogP contribution >= 0.6 is 7.82 Å². The molecule has 0 radical (unpaired) electrons. The van der Waals surface area contributed by atoms with Gasteiger partial charge in [0.1, 0.15) is 0 Å². The molecule has 0 spiro atoms. The van der Waals surface area contributed by atoms with Gasteiger partial charge in [0, 0.05) is 0 Å². The summed E-state index contributed by atoms with van der Waals surface area (Å²) in [5, 5.41) is 0. The smallest absolute Gasteiger partial charge is 0.822 e.